The third-order valence-electron chi connectivity index (χ3n) is 9.01. The zero-order valence-corrected chi connectivity index (χ0v) is 30.4. The summed E-state index contributed by atoms with van der Waals surface area (Å²) in [5, 5.41) is 27.8. The molecular formula is C48H30N4O6. The van der Waals surface area contributed by atoms with E-state index in [1.165, 1.54) is 36.4 Å². The summed E-state index contributed by atoms with van der Waals surface area (Å²) in [4.78, 5) is 46.9. The quantitative estimate of drug-likeness (QED) is 0.0837. The van der Waals surface area contributed by atoms with Crippen LogP contribution in [0.5, 0.6) is 0 Å². The summed E-state index contributed by atoms with van der Waals surface area (Å²) in [7, 11) is 0. The van der Waals surface area contributed by atoms with E-state index in [0.29, 0.717) is 33.8 Å². The van der Waals surface area contributed by atoms with Crippen LogP contribution in [0.15, 0.2) is 146 Å². The van der Waals surface area contributed by atoms with E-state index in [9.17, 15) is 29.7 Å². The third kappa shape index (κ3) is 9.11. The number of benzene rings is 6. The summed E-state index contributed by atoms with van der Waals surface area (Å²) >= 11 is 0. The Morgan fingerprint density at radius 2 is 0.569 bits per heavy atom. The van der Waals surface area contributed by atoms with Crippen molar-refractivity contribution in [2.75, 3.05) is 4.90 Å². The van der Waals surface area contributed by atoms with Crippen molar-refractivity contribution in [2.45, 2.75) is 0 Å². The number of carboxylic acid groups (broad SMARTS) is 3. The van der Waals surface area contributed by atoms with E-state index in [4.69, 9.17) is 19.7 Å². The van der Waals surface area contributed by atoms with Crippen LogP contribution < -0.4 is 4.90 Å². The van der Waals surface area contributed by atoms with Gasteiger partial charge >= 0.3 is 17.9 Å². The average molecular weight is 759 g/mol. The molecule has 0 spiro atoms. The summed E-state index contributed by atoms with van der Waals surface area (Å²) in [6.07, 6.45) is 5.19. The first-order chi connectivity index (χ1) is 28.1. The van der Waals surface area contributed by atoms with Crippen LogP contribution in [0.4, 0.5) is 17.1 Å². The fraction of sp³-hybridized carbons (Fsp3) is 0. The number of hydrogen-bond acceptors (Lipinski definition) is 4. The second kappa shape index (κ2) is 17.6. The second-order valence-electron chi connectivity index (χ2n) is 12.7. The van der Waals surface area contributed by atoms with Crippen molar-refractivity contribution < 1.29 is 29.7 Å². The van der Waals surface area contributed by atoms with E-state index in [0.717, 1.165) is 33.8 Å². The minimum atomic E-state index is -1.05. The molecule has 0 saturated heterocycles. The Bertz CT molecular complexity index is 2420. The monoisotopic (exact) mass is 758 g/mol. The zero-order valence-electron chi connectivity index (χ0n) is 30.4. The van der Waals surface area contributed by atoms with Gasteiger partial charge in [0.1, 0.15) is 0 Å². The molecule has 0 amide bonds. The largest absolute Gasteiger partial charge is 0.478 e. The lowest BCUT2D eigenvalue weighted by Gasteiger charge is -2.26. The van der Waals surface area contributed by atoms with Crippen LogP contribution in [0.3, 0.4) is 0 Å². The fourth-order valence-corrected chi connectivity index (χ4v) is 5.97. The standard InChI is InChI=1S/C48H30N4O6/c1-49-43(34-10-16-37(17-11-34)46(53)54)28-31-4-22-40(23-5-31)52(41-24-6-32(7-25-41)29-44(50-2)35-12-18-38(19-13-35)47(55)56)42-26-8-33(9-27-42)30-45(51-3)36-14-20-39(21-15-36)48(57)58/h4-30H,(H,53,54)(H,55,56)(H,57,58)/b43-28-,44-29-,45-30-. The molecule has 0 aliphatic heterocycles. The molecule has 10 heteroatoms. The van der Waals surface area contributed by atoms with Gasteiger partial charge in [-0.05, 0) is 124 Å². The molecular weight excluding hydrogens is 729 g/mol. The van der Waals surface area contributed by atoms with Gasteiger partial charge in [0.25, 0.3) is 0 Å². The van der Waals surface area contributed by atoms with Crippen molar-refractivity contribution in [1.82, 2.24) is 0 Å². The number of aromatic carboxylic acids is 3. The van der Waals surface area contributed by atoms with E-state index in [1.807, 2.05) is 77.7 Å². The second-order valence-corrected chi connectivity index (χ2v) is 12.7. The highest BCUT2D eigenvalue weighted by molar-refractivity contribution is 5.93. The van der Waals surface area contributed by atoms with Gasteiger partial charge in [0.15, 0.2) is 17.1 Å². The van der Waals surface area contributed by atoms with Gasteiger partial charge in [0, 0.05) is 17.1 Å². The van der Waals surface area contributed by atoms with Gasteiger partial charge in [-0.3, -0.25) is 0 Å². The maximum atomic E-state index is 11.3. The minimum Gasteiger partial charge on any atom is -0.478 e. The topological polar surface area (TPSA) is 128 Å². The Kier molecular flexibility index (Phi) is 11.8. The van der Waals surface area contributed by atoms with E-state index in [2.05, 4.69) is 14.5 Å². The van der Waals surface area contributed by atoms with E-state index >= 15 is 0 Å². The number of hydrogen-bond donors (Lipinski definition) is 3. The SMILES string of the molecule is [C-]#[N+]/C(=C\c1ccc(N(c2ccc(/C=C(\[N+]#[C-])c3ccc(C(=O)O)cc3)cc2)c2ccc(/C=C(\[N+]#[C-])c3ccc(C(=O)O)cc3)cc2)cc1)c1ccc(C(=O)O)cc1. The molecule has 0 atom stereocenters. The molecule has 0 bridgehead atoms. The molecule has 278 valence electrons. The van der Waals surface area contributed by atoms with E-state index in [-0.39, 0.29) is 16.7 Å². The van der Waals surface area contributed by atoms with Crippen molar-refractivity contribution in [2.24, 2.45) is 0 Å². The number of rotatable bonds is 12. The van der Waals surface area contributed by atoms with E-state index in [1.54, 1.807) is 54.6 Å². The smallest absolute Gasteiger partial charge is 0.335 e. The summed E-state index contributed by atoms with van der Waals surface area (Å²) in [5.74, 6) is -3.14. The van der Waals surface area contributed by atoms with Gasteiger partial charge in [0.2, 0.25) is 0 Å². The molecule has 6 aromatic carbocycles. The van der Waals surface area contributed by atoms with Gasteiger partial charge in [-0.15, -0.1) is 0 Å². The summed E-state index contributed by atoms with van der Waals surface area (Å²) in [6.45, 7) is 23.3. The third-order valence-corrected chi connectivity index (χ3v) is 9.01. The molecule has 58 heavy (non-hydrogen) atoms. The molecule has 0 radical (unpaired) electrons. The normalized spacial score (nSPS) is 11.4. The van der Waals surface area contributed by atoms with Crippen LogP contribution in [0.25, 0.3) is 49.9 Å². The maximum Gasteiger partial charge on any atom is 0.335 e. The summed E-state index contributed by atoms with van der Waals surface area (Å²) < 4.78 is 0. The Morgan fingerprint density at radius 3 is 0.759 bits per heavy atom. The highest BCUT2D eigenvalue weighted by Gasteiger charge is 2.14. The Morgan fingerprint density at radius 1 is 0.362 bits per heavy atom. The fourth-order valence-electron chi connectivity index (χ4n) is 5.97. The number of anilines is 3. The molecule has 0 aromatic heterocycles. The van der Waals surface area contributed by atoms with Crippen LogP contribution >= 0.6 is 0 Å². The predicted molar refractivity (Wildman–Crippen MR) is 225 cm³/mol. The Balaban J connectivity index is 1.34. The first-order valence-electron chi connectivity index (χ1n) is 17.5. The van der Waals surface area contributed by atoms with Crippen molar-refractivity contribution in [3.8, 4) is 0 Å². The van der Waals surface area contributed by atoms with Gasteiger partial charge in [-0.2, -0.15) is 0 Å². The molecule has 0 unspecified atom stereocenters. The van der Waals surface area contributed by atoms with Crippen LogP contribution in [0.1, 0.15) is 64.5 Å². The molecule has 6 rings (SSSR count). The molecule has 0 aliphatic rings. The number of nitrogens with zero attached hydrogens (tertiary/aromatic N) is 4. The van der Waals surface area contributed by atoms with Crippen LogP contribution in [-0.4, -0.2) is 33.2 Å². The lowest BCUT2D eigenvalue weighted by atomic mass is 10.0. The Hall–Kier alpha value is -8.78. The van der Waals surface area contributed by atoms with Crippen molar-refractivity contribution >= 4 is 70.3 Å². The lowest BCUT2D eigenvalue weighted by molar-refractivity contribution is 0.0686. The maximum absolute atomic E-state index is 11.3. The van der Waals surface area contributed by atoms with Crippen molar-refractivity contribution in [3.05, 3.63) is 230 Å². The van der Waals surface area contributed by atoms with Crippen LogP contribution in [0.2, 0.25) is 0 Å². The number of carbonyl (C=O) groups is 3. The molecule has 0 saturated carbocycles. The van der Waals surface area contributed by atoms with Crippen molar-refractivity contribution in [1.29, 1.82) is 0 Å². The average Bonchev–Trinajstić information content (AvgIpc) is 3.25. The lowest BCUT2D eigenvalue weighted by Crippen LogP contribution is -2.09. The highest BCUT2D eigenvalue weighted by atomic mass is 16.4. The molecule has 0 aliphatic carbocycles. The van der Waals surface area contributed by atoms with Crippen LogP contribution in [0, 0.1) is 19.7 Å². The number of carboxylic acids is 3. The van der Waals surface area contributed by atoms with Gasteiger partial charge in [0.05, 0.1) is 36.4 Å². The van der Waals surface area contributed by atoms with Crippen LogP contribution in [-0.2, 0) is 0 Å². The van der Waals surface area contributed by atoms with Gasteiger partial charge < -0.3 is 20.2 Å². The van der Waals surface area contributed by atoms with Crippen molar-refractivity contribution in [3.63, 3.8) is 0 Å². The molecule has 10 nitrogen and oxygen atoms in total. The zero-order chi connectivity index (χ0) is 41.2. The highest BCUT2D eigenvalue weighted by Crippen LogP contribution is 2.36. The molecule has 0 heterocycles. The summed E-state index contributed by atoms with van der Waals surface area (Å²) in [5.41, 5.74) is 7.84. The van der Waals surface area contributed by atoms with Gasteiger partial charge in [-0.1, -0.05) is 72.8 Å². The molecule has 6 aromatic rings. The molecule has 0 fully saturated rings. The summed E-state index contributed by atoms with van der Waals surface area (Å²) in [6, 6.07) is 41.1. The minimum absolute atomic E-state index is 0.129. The van der Waals surface area contributed by atoms with E-state index < -0.39 is 17.9 Å². The first-order valence-corrected chi connectivity index (χ1v) is 17.5. The Labute approximate surface area is 333 Å². The predicted octanol–water partition coefficient (Wildman–Crippen LogP) is 11.5. The van der Waals surface area contributed by atoms with Gasteiger partial charge in [-0.25, -0.2) is 28.9 Å². The molecule has 3 N–H and O–H groups in total. The first kappa shape index (κ1) is 38.9.